The molecule has 0 saturated carbocycles. The maximum Gasteiger partial charge on any atom is 0.122 e. The van der Waals surface area contributed by atoms with Gasteiger partial charge in [-0.25, -0.2) is 0 Å². The van der Waals surface area contributed by atoms with E-state index in [1.165, 1.54) is 0 Å². The first-order valence-electron chi connectivity index (χ1n) is 5.96. The van der Waals surface area contributed by atoms with Gasteiger partial charge in [0.05, 0.1) is 13.2 Å². The Morgan fingerprint density at radius 1 is 1.15 bits per heavy atom. The molecule has 0 saturated heterocycles. The fourth-order valence-corrected chi connectivity index (χ4v) is 2.95. The quantitative estimate of drug-likeness (QED) is 0.810. The summed E-state index contributed by atoms with van der Waals surface area (Å²) in [4.78, 5) is 0. The number of benzene rings is 2. The highest BCUT2D eigenvalue weighted by molar-refractivity contribution is 9.10. The third kappa shape index (κ3) is 3.89. The van der Waals surface area contributed by atoms with Crippen LogP contribution in [0, 0.1) is 0 Å². The summed E-state index contributed by atoms with van der Waals surface area (Å²) in [5.74, 6) is 0.736. The van der Waals surface area contributed by atoms with Gasteiger partial charge < -0.3 is 9.84 Å². The van der Waals surface area contributed by atoms with Crippen LogP contribution in [0.5, 0.6) is 5.75 Å². The van der Waals surface area contributed by atoms with E-state index >= 15 is 0 Å². The van der Waals surface area contributed by atoms with Crippen molar-refractivity contribution in [2.45, 2.75) is 12.5 Å². The van der Waals surface area contributed by atoms with Gasteiger partial charge in [-0.05, 0) is 47.5 Å². The monoisotopic (exact) mass is 374 g/mol. The SMILES string of the molecule is COc1ccc(Br)cc1CC(O)c1cc(Cl)cc(Cl)c1. The Kier molecular flexibility index (Phi) is 5.33. The summed E-state index contributed by atoms with van der Waals surface area (Å²) in [5, 5.41) is 11.4. The molecular weight excluding hydrogens is 363 g/mol. The molecule has 0 radical (unpaired) electrons. The Bertz CT molecular complexity index is 597. The normalized spacial score (nSPS) is 12.2. The van der Waals surface area contributed by atoms with Gasteiger partial charge >= 0.3 is 0 Å². The Balaban J connectivity index is 2.27. The third-order valence-electron chi connectivity index (χ3n) is 2.93. The van der Waals surface area contributed by atoms with Gasteiger partial charge in [-0.2, -0.15) is 0 Å². The van der Waals surface area contributed by atoms with E-state index < -0.39 is 6.10 Å². The van der Waals surface area contributed by atoms with Crippen molar-refractivity contribution in [3.63, 3.8) is 0 Å². The number of hydrogen-bond donors (Lipinski definition) is 1. The maximum absolute atomic E-state index is 10.3. The maximum atomic E-state index is 10.3. The van der Waals surface area contributed by atoms with Gasteiger partial charge in [-0.3, -0.25) is 0 Å². The fraction of sp³-hybridized carbons (Fsp3) is 0.200. The van der Waals surface area contributed by atoms with Crippen molar-refractivity contribution in [2.75, 3.05) is 7.11 Å². The molecule has 0 bridgehead atoms. The molecule has 5 heteroatoms. The lowest BCUT2D eigenvalue weighted by Crippen LogP contribution is -2.03. The molecule has 106 valence electrons. The van der Waals surface area contributed by atoms with Crippen molar-refractivity contribution in [1.29, 1.82) is 0 Å². The van der Waals surface area contributed by atoms with Crippen LogP contribution in [0.3, 0.4) is 0 Å². The molecule has 0 aliphatic carbocycles. The summed E-state index contributed by atoms with van der Waals surface area (Å²) < 4.78 is 6.24. The molecular formula is C15H13BrCl2O2. The van der Waals surface area contributed by atoms with E-state index in [-0.39, 0.29) is 0 Å². The van der Waals surface area contributed by atoms with Crippen LogP contribution < -0.4 is 4.74 Å². The van der Waals surface area contributed by atoms with Crippen LogP contribution in [0.25, 0.3) is 0 Å². The minimum atomic E-state index is -0.700. The van der Waals surface area contributed by atoms with Crippen LogP contribution in [0.1, 0.15) is 17.2 Å². The highest BCUT2D eigenvalue weighted by atomic mass is 79.9. The predicted molar refractivity (Wildman–Crippen MR) is 85.8 cm³/mol. The smallest absolute Gasteiger partial charge is 0.122 e. The summed E-state index contributed by atoms with van der Waals surface area (Å²) in [6.45, 7) is 0. The van der Waals surface area contributed by atoms with Gasteiger partial charge in [-0.1, -0.05) is 39.1 Å². The van der Waals surface area contributed by atoms with E-state index in [0.717, 1.165) is 15.8 Å². The third-order valence-corrected chi connectivity index (χ3v) is 3.86. The van der Waals surface area contributed by atoms with E-state index in [4.69, 9.17) is 27.9 Å². The first-order valence-corrected chi connectivity index (χ1v) is 7.51. The highest BCUT2D eigenvalue weighted by Gasteiger charge is 2.13. The Hall–Kier alpha value is -0.740. The van der Waals surface area contributed by atoms with Crippen molar-refractivity contribution < 1.29 is 9.84 Å². The van der Waals surface area contributed by atoms with Crippen LogP contribution in [0.4, 0.5) is 0 Å². The molecule has 0 spiro atoms. The van der Waals surface area contributed by atoms with Crippen molar-refractivity contribution >= 4 is 39.1 Å². The molecule has 0 aliphatic rings. The van der Waals surface area contributed by atoms with Crippen molar-refractivity contribution in [3.05, 3.63) is 62.0 Å². The lowest BCUT2D eigenvalue weighted by Gasteiger charge is -2.15. The highest BCUT2D eigenvalue weighted by Crippen LogP contribution is 2.30. The van der Waals surface area contributed by atoms with Crippen LogP contribution >= 0.6 is 39.1 Å². The van der Waals surface area contributed by atoms with Crippen molar-refractivity contribution in [2.24, 2.45) is 0 Å². The molecule has 2 nitrogen and oxygen atoms in total. The van der Waals surface area contributed by atoms with Crippen LogP contribution in [0.15, 0.2) is 40.9 Å². The van der Waals surface area contributed by atoms with Crippen molar-refractivity contribution in [3.8, 4) is 5.75 Å². The largest absolute Gasteiger partial charge is 0.496 e. The second-order valence-corrected chi connectivity index (χ2v) is 6.17. The minimum absolute atomic E-state index is 0.416. The molecule has 2 aromatic carbocycles. The van der Waals surface area contributed by atoms with E-state index in [1.807, 2.05) is 18.2 Å². The molecule has 0 amide bonds. The second-order valence-electron chi connectivity index (χ2n) is 4.38. The Morgan fingerprint density at radius 2 is 1.80 bits per heavy atom. The summed E-state index contributed by atoms with van der Waals surface area (Å²) in [6, 6.07) is 10.7. The summed E-state index contributed by atoms with van der Waals surface area (Å²) >= 11 is 15.3. The molecule has 1 N–H and O–H groups in total. The topological polar surface area (TPSA) is 29.5 Å². The van der Waals surface area contributed by atoms with Gasteiger partial charge in [0.25, 0.3) is 0 Å². The van der Waals surface area contributed by atoms with Crippen LogP contribution in [-0.2, 0) is 6.42 Å². The molecule has 0 heterocycles. The lowest BCUT2D eigenvalue weighted by molar-refractivity contribution is 0.177. The molecule has 0 aromatic heterocycles. The molecule has 0 fully saturated rings. The van der Waals surface area contributed by atoms with Gasteiger partial charge in [0.2, 0.25) is 0 Å². The summed E-state index contributed by atoms with van der Waals surface area (Å²) in [5.41, 5.74) is 1.59. The second kappa shape index (κ2) is 6.81. The average Bonchev–Trinajstić information content (AvgIpc) is 2.37. The predicted octanol–water partition coefficient (Wildman–Crippen LogP) is 5.04. The fourth-order valence-electron chi connectivity index (χ4n) is 2.00. The van der Waals surface area contributed by atoms with E-state index in [2.05, 4.69) is 15.9 Å². The van der Waals surface area contributed by atoms with E-state index in [0.29, 0.717) is 22.0 Å². The zero-order valence-corrected chi connectivity index (χ0v) is 13.8. The average molecular weight is 376 g/mol. The number of methoxy groups -OCH3 is 1. The standard InChI is InChI=1S/C15H13BrCl2O2/c1-20-15-3-2-11(16)4-10(15)7-14(19)9-5-12(17)8-13(18)6-9/h2-6,8,14,19H,7H2,1H3. The van der Waals surface area contributed by atoms with Gasteiger partial charge in [0.15, 0.2) is 0 Å². The molecule has 20 heavy (non-hydrogen) atoms. The van der Waals surface area contributed by atoms with Crippen LogP contribution in [-0.4, -0.2) is 12.2 Å². The number of halogens is 3. The van der Waals surface area contributed by atoms with E-state index in [1.54, 1.807) is 25.3 Å². The molecule has 2 rings (SSSR count). The number of ether oxygens (including phenoxy) is 1. The molecule has 1 unspecified atom stereocenters. The summed E-state index contributed by atoms with van der Waals surface area (Å²) in [6.07, 6.45) is -0.284. The van der Waals surface area contributed by atoms with E-state index in [9.17, 15) is 5.11 Å². The zero-order valence-electron chi connectivity index (χ0n) is 10.7. The number of hydrogen-bond acceptors (Lipinski definition) is 2. The molecule has 2 aromatic rings. The summed E-state index contributed by atoms with van der Waals surface area (Å²) in [7, 11) is 1.61. The van der Waals surface area contributed by atoms with Crippen molar-refractivity contribution in [1.82, 2.24) is 0 Å². The molecule has 0 aliphatic heterocycles. The molecule has 1 atom stereocenters. The first-order chi connectivity index (χ1) is 9.49. The lowest BCUT2D eigenvalue weighted by atomic mass is 10.0. The number of aliphatic hydroxyl groups excluding tert-OH is 1. The minimum Gasteiger partial charge on any atom is -0.496 e. The Labute approximate surface area is 136 Å². The zero-order chi connectivity index (χ0) is 14.7. The van der Waals surface area contributed by atoms with Crippen LogP contribution in [0.2, 0.25) is 10.0 Å². The number of aliphatic hydroxyl groups is 1. The van der Waals surface area contributed by atoms with Gasteiger partial charge in [0.1, 0.15) is 5.75 Å². The van der Waals surface area contributed by atoms with Gasteiger partial charge in [0, 0.05) is 20.9 Å². The first kappa shape index (κ1) is 15.6. The Morgan fingerprint density at radius 3 is 2.40 bits per heavy atom. The number of rotatable bonds is 4. The van der Waals surface area contributed by atoms with Gasteiger partial charge in [-0.15, -0.1) is 0 Å².